The van der Waals surface area contributed by atoms with Gasteiger partial charge < -0.3 is 5.32 Å². The molecule has 0 aliphatic rings. The summed E-state index contributed by atoms with van der Waals surface area (Å²) in [5, 5.41) is 3.71. The fourth-order valence-electron chi connectivity index (χ4n) is 1.51. The van der Waals surface area contributed by atoms with E-state index in [1.807, 2.05) is 27.7 Å². The number of halogens is 1. The Kier molecular flexibility index (Phi) is 6.45. The quantitative estimate of drug-likeness (QED) is 0.812. The average molecular weight is 319 g/mol. The van der Waals surface area contributed by atoms with Crippen molar-refractivity contribution >= 4 is 21.6 Å². The van der Waals surface area contributed by atoms with Gasteiger partial charge >= 0.3 is 0 Å². The molecule has 2 N–H and O–H groups in total. The van der Waals surface area contributed by atoms with Crippen LogP contribution in [0.1, 0.15) is 33.3 Å². The maximum Gasteiger partial charge on any atom is 0.240 e. The largest absolute Gasteiger partial charge is 0.310 e. The first kappa shape index (κ1) is 17.4. The van der Waals surface area contributed by atoms with Crippen LogP contribution in [0, 0.1) is 5.92 Å². The number of nitrogens with one attached hydrogen (secondary N) is 2. The highest BCUT2D eigenvalue weighted by atomic mass is 35.5. The van der Waals surface area contributed by atoms with Gasteiger partial charge in [0.25, 0.3) is 0 Å². The molecule has 0 fully saturated rings. The van der Waals surface area contributed by atoms with Crippen molar-refractivity contribution in [1.29, 1.82) is 0 Å². The standard InChI is InChI=1S/C14H23ClN2O2S/c1-10(2)8-17-20(18,19)13-6-5-12(14(15)7-13)9-16-11(3)4/h5-7,10-11,16-17H,8-9H2,1-4H3. The van der Waals surface area contributed by atoms with Gasteiger partial charge in [0.2, 0.25) is 10.0 Å². The monoisotopic (exact) mass is 318 g/mol. The third-order valence-electron chi connectivity index (χ3n) is 2.72. The summed E-state index contributed by atoms with van der Waals surface area (Å²) < 4.78 is 26.7. The van der Waals surface area contributed by atoms with Crippen LogP contribution in [0.5, 0.6) is 0 Å². The second-order valence-electron chi connectivity index (χ2n) is 5.53. The Bertz CT molecular complexity index is 542. The van der Waals surface area contributed by atoms with E-state index >= 15 is 0 Å². The molecule has 20 heavy (non-hydrogen) atoms. The highest BCUT2D eigenvalue weighted by Crippen LogP contribution is 2.21. The lowest BCUT2D eigenvalue weighted by Crippen LogP contribution is -2.27. The van der Waals surface area contributed by atoms with Gasteiger partial charge in [-0.3, -0.25) is 0 Å². The van der Waals surface area contributed by atoms with Crippen LogP contribution >= 0.6 is 11.6 Å². The normalized spacial score (nSPS) is 12.3. The molecular weight excluding hydrogens is 296 g/mol. The number of rotatable bonds is 7. The lowest BCUT2D eigenvalue weighted by Gasteiger charge is -2.12. The molecule has 0 amide bonds. The van der Waals surface area contributed by atoms with E-state index in [2.05, 4.69) is 10.0 Å². The molecule has 1 rings (SSSR count). The van der Waals surface area contributed by atoms with Gasteiger partial charge in [0, 0.05) is 24.2 Å². The first-order valence-corrected chi connectivity index (χ1v) is 8.60. The van der Waals surface area contributed by atoms with Gasteiger partial charge in [0.15, 0.2) is 0 Å². The second-order valence-corrected chi connectivity index (χ2v) is 7.71. The van der Waals surface area contributed by atoms with Crippen molar-refractivity contribution in [2.75, 3.05) is 6.54 Å². The Morgan fingerprint density at radius 3 is 2.35 bits per heavy atom. The summed E-state index contributed by atoms with van der Waals surface area (Å²) in [6.45, 7) is 9.03. The van der Waals surface area contributed by atoms with Gasteiger partial charge in [-0.05, 0) is 23.6 Å². The highest BCUT2D eigenvalue weighted by molar-refractivity contribution is 7.89. The van der Waals surface area contributed by atoms with Crippen LogP contribution in [-0.2, 0) is 16.6 Å². The molecule has 114 valence electrons. The van der Waals surface area contributed by atoms with Crippen LogP contribution in [0.2, 0.25) is 5.02 Å². The van der Waals surface area contributed by atoms with E-state index in [0.29, 0.717) is 24.2 Å². The second kappa shape index (κ2) is 7.41. The molecule has 0 heterocycles. The molecule has 0 saturated heterocycles. The molecule has 0 bridgehead atoms. The predicted molar refractivity (Wildman–Crippen MR) is 83.5 cm³/mol. The third kappa shape index (κ3) is 5.40. The minimum Gasteiger partial charge on any atom is -0.310 e. The summed E-state index contributed by atoms with van der Waals surface area (Å²) in [5.74, 6) is 0.259. The average Bonchev–Trinajstić information content (AvgIpc) is 2.34. The topological polar surface area (TPSA) is 58.2 Å². The smallest absolute Gasteiger partial charge is 0.240 e. The van der Waals surface area contributed by atoms with Crippen LogP contribution in [0.15, 0.2) is 23.1 Å². The van der Waals surface area contributed by atoms with Crippen LogP contribution in [0.25, 0.3) is 0 Å². The number of hydrogen-bond donors (Lipinski definition) is 2. The minimum atomic E-state index is -3.48. The molecule has 1 aromatic rings. The Morgan fingerprint density at radius 2 is 1.85 bits per heavy atom. The molecule has 0 atom stereocenters. The van der Waals surface area contributed by atoms with Crippen LogP contribution in [-0.4, -0.2) is 21.0 Å². The van der Waals surface area contributed by atoms with E-state index in [1.165, 1.54) is 6.07 Å². The van der Waals surface area contributed by atoms with Crippen LogP contribution < -0.4 is 10.0 Å². The molecule has 4 nitrogen and oxygen atoms in total. The van der Waals surface area contributed by atoms with E-state index in [4.69, 9.17) is 11.6 Å². The van der Waals surface area contributed by atoms with Gasteiger partial charge in [-0.1, -0.05) is 45.4 Å². The highest BCUT2D eigenvalue weighted by Gasteiger charge is 2.15. The SMILES string of the molecule is CC(C)CNS(=O)(=O)c1ccc(CNC(C)C)c(Cl)c1. The van der Waals surface area contributed by atoms with Gasteiger partial charge in [0.05, 0.1) is 4.90 Å². The number of hydrogen-bond acceptors (Lipinski definition) is 3. The first-order valence-electron chi connectivity index (χ1n) is 6.74. The van der Waals surface area contributed by atoms with Gasteiger partial charge in [0.1, 0.15) is 0 Å². The van der Waals surface area contributed by atoms with Crippen molar-refractivity contribution < 1.29 is 8.42 Å². The summed E-state index contributed by atoms with van der Waals surface area (Å²) in [6.07, 6.45) is 0. The molecule has 0 radical (unpaired) electrons. The lowest BCUT2D eigenvalue weighted by molar-refractivity contribution is 0.560. The maximum absolute atomic E-state index is 12.1. The Balaban J connectivity index is 2.85. The van der Waals surface area contributed by atoms with Crippen molar-refractivity contribution in [3.63, 3.8) is 0 Å². The van der Waals surface area contributed by atoms with Crippen molar-refractivity contribution in [1.82, 2.24) is 10.0 Å². The Labute approximate surface area is 127 Å². The summed E-state index contributed by atoms with van der Waals surface area (Å²) in [5.41, 5.74) is 0.892. The summed E-state index contributed by atoms with van der Waals surface area (Å²) >= 11 is 6.15. The van der Waals surface area contributed by atoms with Crippen molar-refractivity contribution in [2.24, 2.45) is 5.92 Å². The Hall–Kier alpha value is -0.620. The molecule has 0 spiro atoms. The molecule has 6 heteroatoms. The summed E-state index contributed by atoms with van der Waals surface area (Å²) in [7, 11) is -3.48. The molecule has 0 saturated carbocycles. The summed E-state index contributed by atoms with van der Waals surface area (Å²) in [4.78, 5) is 0.205. The van der Waals surface area contributed by atoms with Crippen molar-refractivity contribution in [2.45, 2.75) is 45.2 Å². The zero-order valence-electron chi connectivity index (χ0n) is 12.4. The number of sulfonamides is 1. The summed E-state index contributed by atoms with van der Waals surface area (Å²) in [6, 6.07) is 5.19. The van der Waals surface area contributed by atoms with Crippen molar-refractivity contribution in [3.05, 3.63) is 28.8 Å². The predicted octanol–water partition coefficient (Wildman–Crippen LogP) is 2.77. The van der Waals surface area contributed by atoms with E-state index in [9.17, 15) is 8.42 Å². The zero-order valence-corrected chi connectivity index (χ0v) is 14.0. The van der Waals surface area contributed by atoms with Gasteiger partial charge in [-0.2, -0.15) is 0 Å². The zero-order chi connectivity index (χ0) is 15.3. The van der Waals surface area contributed by atoms with E-state index < -0.39 is 10.0 Å². The van der Waals surface area contributed by atoms with Gasteiger partial charge in [-0.15, -0.1) is 0 Å². The third-order valence-corrected chi connectivity index (χ3v) is 4.49. The lowest BCUT2D eigenvalue weighted by atomic mass is 10.2. The number of benzene rings is 1. The molecule has 0 aliphatic heterocycles. The minimum absolute atomic E-state index is 0.205. The first-order chi connectivity index (χ1) is 9.22. The molecule has 1 aromatic carbocycles. The Morgan fingerprint density at radius 1 is 1.20 bits per heavy atom. The fraction of sp³-hybridized carbons (Fsp3) is 0.571. The van der Waals surface area contributed by atoms with Crippen molar-refractivity contribution in [3.8, 4) is 0 Å². The van der Waals surface area contributed by atoms with Crippen LogP contribution in [0.4, 0.5) is 0 Å². The van der Waals surface area contributed by atoms with E-state index in [-0.39, 0.29) is 10.8 Å². The molecule has 0 aromatic heterocycles. The fourth-order valence-corrected chi connectivity index (χ4v) is 3.06. The van der Waals surface area contributed by atoms with E-state index in [1.54, 1.807) is 12.1 Å². The molecule has 0 unspecified atom stereocenters. The molecular formula is C14H23ClN2O2S. The van der Waals surface area contributed by atoms with E-state index in [0.717, 1.165) is 5.56 Å². The maximum atomic E-state index is 12.1. The van der Waals surface area contributed by atoms with Crippen LogP contribution in [0.3, 0.4) is 0 Å². The molecule has 0 aliphatic carbocycles. The van der Waals surface area contributed by atoms with Gasteiger partial charge in [-0.25, -0.2) is 13.1 Å².